The molecule has 0 aromatic heterocycles. The summed E-state index contributed by atoms with van der Waals surface area (Å²) in [5, 5.41) is 4.51. The fraction of sp³-hybridized carbons (Fsp3) is 0.375. The number of rotatable bonds is 11. The van der Waals surface area contributed by atoms with Crippen molar-refractivity contribution in [2.24, 2.45) is 0 Å². The van der Waals surface area contributed by atoms with Crippen molar-refractivity contribution in [2.45, 2.75) is 227 Å². The Morgan fingerprint density at radius 2 is 0.566 bits per heavy atom. The maximum absolute atomic E-state index is 5.93. The Labute approximate surface area is 598 Å². The minimum absolute atomic E-state index is 0.143. The van der Waals surface area contributed by atoms with E-state index < -0.39 is 0 Å². The van der Waals surface area contributed by atoms with Gasteiger partial charge in [0, 0.05) is 44.3 Å². The van der Waals surface area contributed by atoms with Crippen LogP contribution >= 0.6 is 11.6 Å². The number of benzene rings is 10. The van der Waals surface area contributed by atoms with Crippen LogP contribution in [0.1, 0.15) is 261 Å². The molecule has 99 heavy (non-hydrogen) atoms. The van der Waals surface area contributed by atoms with E-state index in [-0.39, 0.29) is 10.8 Å². The summed E-state index contributed by atoms with van der Waals surface area (Å²) in [5.74, 6) is 3.02. The van der Waals surface area contributed by atoms with Crippen molar-refractivity contribution in [3.63, 3.8) is 0 Å². The number of hydrogen-bond acceptors (Lipinski definition) is 2. The van der Waals surface area contributed by atoms with Gasteiger partial charge in [-0.05, 0) is 263 Å². The standard InChI is InChI=1S/C48H51N.C30H33N.C18H19Cl/c1-4-12-35(13-5-1)37-18-20-38(21-19-37)40-24-28-42(29-25-40)49(41-26-22-39(23-27-41)36-14-6-2-7-15-36)43-30-31-45-44-16-8-9-17-46(44)48(47(45)34-43)32-10-3-11-33-48;1-3-9-22(10-4-1)23-13-15-24(16-14-23)31-25-17-18-27-26-11-5-6-12-28(26)30(29(27)21-25)19-7-2-8-20-30;19-18-12-10-17(11-13-18)16-8-6-15(7-9-16)14-4-2-1-3-5-14/h8-9,16-31,34-36H,1-7,10-15,32-33H2;5-6,11-18,21-22,31H,1-4,7-10,19-20H2;6-14H,1-5H2. The van der Waals surface area contributed by atoms with Gasteiger partial charge in [-0.1, -0.05) is 285 Å². The maximum atomic E-state index is 5.93. The summed E-state index contributed by atoms with van der Waals surface area (Å²) in [5.41, 5.74) is 29.8. The van der Waals surface area contributed by atoms with Crippen molar-refractivity contribution in [1.29, 1.82) is 0 Å². The summed E-state index contributed by atoms with van der Waals surface area (Å²) in [6, 6.07) is 87.7. The number of fused-ring (bicyclic) bond motifs is 10. The minimum atomic E-state index is 0.143. The summed E-state index contributed by atoms with van der Waals surface area (Å²) in [6.45, 7) is 0. The average molecular weight is 1320 g/mol. The number of nitrogens with zero attached hydrogens (tertiary/aromatic N) is 1. The Morgan fingerprint density at radius 1 is 0.263 bits per heavy atom. The zero-order valence-electron chi connectivity index (χ0n) is 58.8. The molecule has 6 saturated carbocycles. The molecule has 3 heteroatoms. The lowest BCUT2D eigenvalue weighted by Crippen LogP contribution is -2.28. The first-order valence-corrected chi connectivity index (χ1v) is 39.6. The number of hydrogen-bond donors (Lipinski definition) is 1. The van der Waals surface area contributed by atoms with Gasteiger partial charge >= 0.3 is 0 Å². The lowest BCUT2D eigenvalue weighted by Gasteiger charge is -2.36. The van der Waals surface area contributed by atoms with Crippen LogP contribution in [0.5, 0.6) is 0 Å². The predicted molar refractivity (Wildman–Crippen MR) is 422 cm³/mol. The molecule has 2 nitrogen and oxygen atoms in total. The zero-order valence-corrected chi connectivity index (χ0v) is 59.5. The van der Waals surface area contributed by atoms with Gasteiger partial charge < -0.3 is 10.2 Å². The van der Waals surface area contributed by atoms with Gasteiger partial charge in [-0.3, -0.25) is 0 Å². The number of nitrogens with one attached hydrogen (secondary N) is 1. The SMILES string of the molecule is Clc1ccc(-c2ccc(C3CCCCC3)cc2)cc1.c1ccc2c(c1)-c1ccc(N(c3ccc(-c4ccc(C5CCCCC5)cc4)cc3)c3ccc(C4CCCCC4)cc3)cc1C21CCCCC1.c1ccc2c(c1)-c1ccc(Nc3ccc(C4CCCCC4)cc3)cc1C21CCCCC1. The number of anilines is 5. The van der Waals surface area contributed by atoms with Crippen molar-refractivity contribution < 1.29 is 0 Å². The Bertz CT molecular complexity index is 4300. The van der Waals surface area contributed by atoms with Crippen molar-refractivity contribution in [1.82, 2.24) is 0 Å². The highest BCUT2D eigenvalue weighted by Gasteiger charge is 2.45. The second-order valence-electron chi connectivity index (χ2n) is 31.2. The smallest absolute Gasteiger partial charge is 0.0465 e. The van der Waals surface area contributed by atoms with Crippen LogP contribution in [0.3, 0.4) is 0 Å². The molecule has 8 aliphatic rings. The number of halogens is 1. The van der Waals surface area contributed by atoms with Gasteiger partial charge in [0.25, 0.3) is 0 Å². The summed E-state index contributed by atoms with van der Waals surface area (Å²) in [7, 11) is 0. The van der Waals surface area contributed by atoms with E-state index >= 15 is 0 Å². The molecule has 10 aromatic rings. The van der Waals surface area contributed by atoms with E-state index in [9.17, 15) is 0 Å². The molecule has 504 valence electrons. The third-order valence-electron chi connectivity index (χ3n) is 25.3. The Kier molecular flexibility index (Phi) is 20.0. The van der Waals surface area contributed by atoms with Gasteiger partial charge in [0.05, 0.1) is 0 Å². The van der Waals surface area contributed by atoms with Gasteiger partial charge in [0.15, 0.2) is 0 Å². The Hall–Kier alpha value is -7.91. The van der Waals surface area contributed by atoms with Crippen LogP contribution in [0, 0.1) is 0 Å². The Morgan fingerprint density at radius 3 is 0.990 bits per heavy atom. The predicted octanol–water partition coefficient (Wildman–Crippen LogP) is 28.9. The largest absolute Gasteiger partial charge is 0.356 e. The lowest BCUT2D eigenvalue weighted by atomic mass is 9.68. The van der Waals surface area contributed by atoms with E-state index in [1.807, 2.05) is 12.1 Å². The fourth-order valence-corrected chi connectivity index (χ4v) is 20.1. The molecule has 0 bridgehead atoms. The van der Waals surface area contributed by atoms with E-state index in [2.05, 4.69) is 229 Å². The lowest BCUT2D eigenvalue weighted by molar-refractivity contribution is 0.353. The second kappa shape index (κ2) is 30.1. The molecule has 0 saturated heterocycles. The molecule has 18 rings (SSSR count). The molecule has 0 radical (unpaired) electrons. The molecule has 6 fully saturated rings. The molecular formula is C96H103ClN2. The van der Waals surface area contributed by atoms with Crippen LogP contribution < -0.4 is 10.2 Å². The van der Waals surface area contributed by atoms with Crippen LogP contribution in [0.2, 0.25) is 5.02 Å². The molecule has 0 amide bonds. The van der Waals surface area contributed by atoms with E-state index in [1.165, 1.54) is 288 Å². The van der Waals surface area contributed by atoms with Crippen LogP contribution in [0.25, 0.3) is 44.5 Å². The van der Waals surface area contributed by atoms with Crippen molar-refractivity contribution in [3.8, 4) is 44.5 Å². The quantitative estimate of drug-likeness (QED) is 0.139. The van der Waals surface area contributed by atoms with Gasteiger partial charge in [0.2, 0.25) is 0 Å². The van der Waals surface area contributed by atoms with E-state index in [4.69, 9.17) is 11.6 Å². The fourth-order valence-electron chi connectivity index (χ4n) is 19.9. The molecule has 0 aliphatic heterocycles. The summed E-state index contributed by atoms with van der Waals surface area (Å²) in [4.78, 5) is 2.51. The minimum Gasteiger partial charge on any atom is -0.356 e. The summed E-state index contributed by atoms with van der Waals surface area (Å²) in [6.07, 6.45) is 40.6. The van der Waals surface area contributed by atoms with Gasteiger partial charge in [-0.2, -0.15) is 0 Å². The van der Waals surface area contributed by atoms with Crippen molar-refractivity contribution in [2.75, 3.05) is 10.2 Å². The topological polar surface area (TPSA) is 15.3 Å². The first-order valence-electron chi connectivity index (χ1n) is 39.3. The highest BCUT2D eigenvalue weighted by atomic mass is 35.5. The molecule has 0 unspecified atom stereocenters. The third kappa shape index (κ3) is 13.9. The molecular weight excluding hydrogens is 1220 g/mol. The first kappa shape index (κ1) is 65.7. The molecule has 0 atom stereocenters. The van der Waals surface area contributed by atoms with Crippen molar-refractivity contribution >= 4 is 40.0 Å². The molecule has 1 N–H and O–H groups in total. The van der Waals surface area contributed by atoms with Crippen LogP contribution in [-0.2, 0) is 10.8 Å². The molecule has 0 heterocycles. The average Bonchev–Trinajstić information content (AvgIpc) is 1.59. The third-order valence-corrected chi connectivity index (χ3v) is 25.6. The van der Waals surface area contributed by atoms with E-state index in [1.54, 1.807) is 22.3 Å². The second-order valence-corrected chi connectivity index (χ2v) is 31.6. The van der Waals surface area contributed by atoms with Gasteiger partial charge in [0.1, 0.15) is 0 Å². The highest BCUT2D eigenvalue weighted by molar-refractivity contribution is 6.30. The normalized spacial score (nSPS) is 18.8. The summed E-state index contributed by atoms with van der Waals surface area (Å²) >= 11 is 5.93. The Balaban J connectivity index is 0.000000130. The summed E-state index contributed by atoms with van der Waals surface area (Å²) < 4.78 is 0. The van der Waals surface area contributed by atoms with Gasteiger partial charge in [-0.15, -0.1) is 0 Å². The molecule has 10 aromatic carbocycles. The molecule has 2 spiro atoms. The molecule has 8 aliphatic carbocycles. The van der Waals surface area contributed by atoms with E-state index in [0.717, 1.165) is 22.8 Å². The van der Waals surface area contributed by atoms with Gasteiger partial charge in [-0.25, -0.2) is 0 Å². The first-order chi connectivity index (χ1) is 48.9. The maximum Gasteiger partial charge on any atom is 0.0465 e. The monoisotopic (exact) mass is 1320 g/mol. The van der Waals surface area contributed by atoms with Crippen molar-refractivity contribution in [3.05, 3.63) is 280 Å². The van der Waals surface area contributed by atoms with Crippen LogP contribution in [0.15, 0.2) is 231 Å². The van der Waals surface area contributed by atoms with Crippen LogP contribution in [-0.4, -0.2) is 0 Å². The van der Waals surface area contributed by atoms with Crippen LogP contribution in [0.4, 0.5) is 28.4 Å². The zero-order chi connectivity index (χ0) is 66.4. The highest BCUT2D eigenvalue weighted by Crippen LogP contribution is 2.59. The van der Waals surface area contributed by atoms with E-state index in [0.29, 0.717) is 5.92 Å².